The van der Waals surface area contributed by atoms with Gasteiger partial charge >= 0.3 is 0 Å². The minimum absolute atomic E-state index is 0.00156. The quantitative estimate of drug-likeness (QED) is 0.357. The lowest BCUT2D eigenvalue weighted by atomic mass is 9.99. The molecule has 5 rings (SSSR count). The molecule has 6 nitrogen and oxygen atoms in total. The van der Waals surface area contributed by atoms with Crippen LogP contribution in [-0.4, -0.2) is 27.8 Å². The van der Waals surface area contributed by atoms with E-state index in [4.69, 9.17) is 15.1 Å². The maximum atomic E-state index is 6.35. The Morgan fingerprint density at radius 2 is 1.90 bits per heavy atom. The number of nitrogens with one attached hydrogen (secondary N) is 2. The van der Waals surface area contributed by atoms with E-state index in [1.54, 1.807) is 12.5 Å². The van der Waals surface area contributed by atoms with E-state index in [-0.39, 0.29) is 6.04 Å². The zero-order valence-corrected chi connectivity index (χ0v) is 17.0. The molecular weight excluding hydrogens is 386 g/mol. The van der Waals surface area contributed by atoms with Gasteiger partial charge in [0, 0.05) is 29.1 Å². The molecule has 0 aliphatic rings. The zero-order valence-electron chi connectivity index (χ0n) is 17.0. The Morgan fingerprint density at radius 3 is 2.74 bits per heavy atom. The number of aromatic amines is 1. The van der Waals surface area contributed by atoms with Crippen LogP contribution in [0.3, 0.4) is 0 Å². The van der Waals surface area contributed by atoms with Gasteiger partial charge in [0.2, 0.25) is 0 Å². The van der Waals surface area contributed by atoms with Crippen molar-refractivity contribution in [2.75, 3.05) is 11.9 Å². The smallest absolute Gasteiger partial charge is 0.0996 e. The Morgan fingerprint density at radius 1 is 1.00 bits per heavy atom. The van der Waals surface area contributed by atoms with E-state index in [1.807, 2.05) is 42.7 Å². The first-order valence-electron chi connectivity index (χ1n) is 10.3. The topological polar surface area (TPSA) is 92.8 Å². The van der Waals surface area contributed by atoms with Crippen LogP contribution in [0.2, 0.25) is 0 Å². The van der Waals surface area contributed by atoms with E-state index in [9.17, 15) is 0 Å². The molecule has 154 valence electrons. The maximum Gasteiger partial charge on any atom is 0.0996 e. The Hall–Kier alpha value is -3.90. The Kier molecular flexibility index (Phi) is 5.21. The highest BCUT2D eigenvalue weighted by molar-refractivity contribution is 5.89. The predicted octanol–water partition coefficient (Wildman–Crippen LogP) is 4.87. The van der Waals surface area contributed by atoms with Gasteiger partial charge in [-0.05, 0) is 41.8 Å². The number of nitrogens with zero attached hydrogens (tertiary/aromatic N) is 2. The van der Waals surface area contributed by atoms with Crippen LogP contribution in [0.1, 0.15) is 5.56 Å². The van der Waals surface area contributed by atoms with Gasteiger partial charge in [0.15, 0.2) is 0 Å². The number of benzene rings is 2. The molecule has 31 heavy (non-hydrogen) atoms. The number of aromatic nitrogens is 3. The summed E-state index contributed by atoms with van der Waals surface area (Å²) in [5, 5.41) is 11.6. The summed E-state index contributed by atoms with van der Waals surface area (Å²) < 4.78 is 5.30. The molecule has 2 aromatic carbocycles. The van der Waals surface area contributed by atoms with Crippen LogP contribution in [0.25, 0.3) is 33.3 Å². The summed E-state index contributed by atoms with van der Waals surface area (Å²) in [5.41, 5.74) is 13.4. The van der Waals surface area contributed by atoms with Gasteiger partial charge in [0.05, 0.1) is 41.8 Å². The summed E-state index contributed by atoms with van der Waals surface area (Å²) in [4.78, 5) is 4.74. The van der Waals surface area contributed by atoms with Crippen LogP contribution in [0.5, 0.6) is 0 Å². The fourth-order valence-electron chi connectivity index (χ4n) is 3.76. The van der Waals surface area contributed by atoms with E-state index < -0.39 is 0 Å². The molecule has 3 aromatic heterocycles. The number of nitrogens with two attached hydrogens (primary N) is 1. The van der Waals surface area contributed by atoms with Crippen LogP contribution < -0.4 is 11.1 Å². The summed E-state index contributed by atoms with van der Waals surface area (Å²) >= 11 is 0. The fourth-order valence-corrected chi connectivity index (χ4v) is 3.76. The monoisotopic (exact) mass is 409 g/mol. The highest BCUT2D eigenvalue weighted by Gasteiger charge is 2.13. The molecular formula is C25H23N5O. The van der Waals surface area contributed by atoms with Gasteiger partial charge in [-0.25, -0.2) is 0 Å². The lowest BCUT2D eigenvalue weighted by Crippen LogP contribution is -2.31. The average Bonchev–Trinajstić information content (AvgIpc) is 3.50. The van der Waals surface area contributed by atoms with Crippen molar-refractivity contribution >= 4 is 16.6 Å². The second kappa shape index (κ2) is 8.45. The third kappa shape index (κ3) is 4.20. The van der Waals surface area contributed by atoms with Crippen molar-refractivity contribution < 1.29 is 4.42 Å². The molecule has 0 radical (unpaired) electrons. The number of hydrogen-bond donors (Lipinski definition) is 3. The number of pyridine rings is 1. The highest BCUT2D eigenvalue weighted by Crippen LogP contribution is 2.34. The van der Waals surface area contributed by atoms with Crippen molar-refractivity contribution in [3.63, 3.8) is 0 Å². The third-order valence-corrected chi connectivity index (χ3v) is 5.34. The molecule has 1 atom stereocenters. The van der Waals surface area contributed by atoms with Gasteiger partial charge in [-0.1, -0.05) is 36.4 Å². The third-order valence-electron chi connectivity index (χ3n) is 5.34. The van der Waals surface area contributed by atoms with Crippen molar-refractivity contribution in [1.29, 1.82) is 0 Å². The summed E-state index contributed by atoms with van der Waals surface area (Å²) in [5.74, 6) is 0. The predicted molar refractivity (Wildman–Crippen MR) is 124 cm³/mol. The van der Waals surface area contributed by atoms with Crippen LogP contribution in [0.15, 0.2) is 90.0 Å². The van der Waals surface area contributed by atoms with Gasteiger partial charge in [-0.3, -0.25) is 10.1 Å². The maximum absolute atomic E-state index is 6.35. The normalized spacial score (nSPS) is 12.2. The number of hydrogen-bond acceptors (Lipinski definition) is 5. The Bertz CT molecular complexity index is 1280. The van der Waals surface area contributed by atoms with Crippen molar-refractivity contribution in [2.45, 2.75) is 12.5 Å². The molecule has 0 saturated heterocycles. The molecule has 0 saturated carbocycles. The van der Waals surface area contributed by atoms with Gasteiger partial charge in [-0.15, -0.1) is 0 Å². The SMILES string of the molecule is N[C@@H](CNc1cnc(-c2ccoc2)c(-c2ccc3[nH]ncc3c2)c1)Cc1ccccc1. The van der Waals surface area contributed by atoms with Crippen molar-refractivity contribution in [1.82, 2.24) is 15.2 Å². The van der Waals surface area contributed by atoms with Crippen molar-refractivity contribution in [3.8, 4) is 22.4 Å². The van der Waals surface area contributed by atoms with E-state index in [0.717, 1.165) is 45.4 Å². The summed E-state index contributed by atoms with van der Waals surface area (Å²) in [6.45, 7) is 0.655. The molecule has 0 aliphatic heterocycles. The first-order valence-corrected chi connectivity index (χ1v) is 10.3. The van der Waals surface area contributed by atoms with Crippen molar-refractivity contribution in [2.24, 2.45) is 5.73 Å². The van der Waals surface area contributed by atoms with E-state index in [2.05, 4.69) is 45.8 Å². The van der Waals surface area contributed by atoms with E-state index in [0.29, 0.717) is 6.54 Å². The molecule has 0 unspecified atom stereocenters. The minimum Gasteiger partial charge on any atom is -0.472 e. The molecule has 0 amide bonds. The summed E-state index contributed by atoms with van der Waals surface area (Å²) in [6.07, 6.45) is 7.87. The lowest BCUT2D eigenvalue weighted by Gasteiger charge is -2.16. The second-order valence-electron chi connectivity index (χ2n) is 7.63. The highest BCUT2D eigenvalue weighted by atomic mass is 16.3. The largest absolute Gasteiger partial charge is 0.472 e. The molecule has 0 fully saturated rings. The van der Waals surface area contributed by atoms with Crippen molar-refractivity contribution in [3.05, 3.63) is 91.1 Å². The molecule has 0 aliphatic carbocycles. The Labute approximate surface area is 180 Å². The standard InChI is InChI=1S/C25H23N5O/c26-21(10-17-4-2-1-3-5-17)14-27-22-12-23(25(28-15-22)19-8-9-31-16-19)18-6-7-24-20(11-18)13-29-30-24/h1-9,11-13,15-16,21,27H,10,14,26H2,(H,29,30)/t21-/m1/s1. The van der Waals surface area contributed by atoms with Crippen LogP contribution in [0.4, 0.5) is 5.69 Å². The van der Waals surface area contributed by atoms with E-state index in [1.165, 1.54) is 5.56 Å². The number of anilines is 1. The molecule has 0 bridgehead atoms. The fraction of sp³-hybridized carbons (Fsp3) is 0.120. The summed E-state index contributed by atoms with van der Waals surface area (Å²) in [6, 6.07) is 20.6. The number of furan rings is 1. The van der Waals surface area contributed by atoms with Gasteiger partial charge in [-0.2, -0.15) is 5.10 Å². The minimum atomic E-state index is 0.00156. The Balaban J connectivity index is 1.42. The average molecular weight is 409 g/mol. The van der Waals surface area contributed by atoms with Crippen LogP contribution >= 0.6 is 0 Å². The van der Waals surface area contributed by atoms with Gasteiger partial charge in [0.1, 0.15) is 0 Å². The zero-order chi connectivity index (χ0) is 21.0. The number of H-pyrrole nitrogens is 1. The number of fused-ring (bicyclic) bond motifs is 1. The first-order chi connectivity index (χ1) is 15.3. The molecule has 6 heteroatoms. The number of rotatable bonds is 7. The van der Waals surface area contributed by atoms with Gasteiger partial charge in [0.25, 0.3) is 0 Å². The van der Waals surface area contributed by atoms with Crippen LogP contribution in [-0.2, 0) is 6.42 Å². The molecule has 3 heterocycles. The second-order valence-corrected chi connectivity index (χ2v) is 7.63. The van der Waals surface area contributed by atoms with E-state index >= 15 is 0 Å². The molecule has 0 spiro atoms. The van der Waals surface area contributed by atoms with Gasteiger partial charge < -0.3 is 15.5 Å². The van der Waals surface area contributed by atoms with Crippen LogP contribution in [0, 0.1) is 0 Å². The summed E-state index contributed by atoms with van der Waals surface area (Å²) in [7, 11) is 0. The lowest BCUT2D eigenvalue weighted by molar-refractivity contribution is 0.568. The molecule has 4 N–H and O–H groups in total. The first kappa shape index (κ1) is 19.1. The molecule has 5 aromatic rings.